The fraction of sp³-hybridized carbons (Fsp3) is 0.323. The van der Waals surface area contributed by atoms with Gasteiger partial charge in [0.2, 0.25) is 0 Å². The van der Waals surface area contributed by atoms with E-state index < -0.39 is 25.8 Å². The molecule has 6 rings (SSSR count). The molecule has 2 aromatic carbocycles. The maximum Gasteiger partial charge on any atom is 0.278 e. The van der Waals surface area contributed by atoms with Gasteiger partial charge in [0.25, 0.3) is 10.1 Å². The zero-order valence-corrected chi connectivity index (χ0v) is 26.7. The molecule has 210 valence electrons. The summed E-state index contributed by atoms with van der Waals surface area (Å²) in [6.07, 6.45) is 1.95. The maximum atomic E-state index is 14.3. The summed E-state index contributed by atoms with van der Waals surface area (Å²) < 4.78 is 38.3. The first-order valence-corrected chi connectivity index (χ1v) is 18.9. The Hall–Kier alpha value is -1.88. The van der Waals surface area contributed by atoms with Crippen LogP contribution in [-0.2, 0) is 18.5 Å². The van der Waals surface area contributed by atoms with Crippen LogP contribution in [0.3, 0.4) is 0 Å². The van der Waals surface area contributed by atoms with Crippen molar-refractivity contribution in [1.82, 2.24) is 0 Å². The van der Waals surface area contributed by atoms with E-state index in [1.807, 2.05) is 66.7 Å². The van der Waals surface area contributed by atoms with Gasteiger partial charge in [-0.05, 0) is 89.9 Å². The number of ketones is 1. The zero-order chi connectivity index (χ0) is 28.2. The van der Waals surface area contributed by atoms with E-state index in [0.717, 1.165) is 24.6 Å². The molecule has 2 aliphatic carbocycles. The minimum atomic E-state index is -4.14. The molecule has 4 aromatic rings. The maximum absolute atomic E-state index is 14.3. The topological polar surface area (TPSA) is 60.4 Å². The first kappa shape index (κ1) is 28.2. The van der Waals surface area contributed by atoms with Crippen molar-refractivity contribution in [3.8, 4) is 0 Å². The molecule has 2 atom stereocenters. The lowest BCUT2D eigenvalue weighted by atomic mass is 9.70. The minimum absolute atomic E-state index is 0.0713. The van der Waals surface area contributed by atoms with Crippen LogP contribution in [0.1, 0.15) is 38.0 Å². The van der Waals surface area contributed by atoms with Gasteiger partial charge in [-0.1, -0.05) is 62.0 Å². The number of hydrogen-bond donors (Lipinski definition) is 0. The normalized spacial score (nSPS) is 22.6. The predicted octanol–water partition coefficient (Wildman–Crippen LogP) is 9.21. The van der Waals surface area contributed by atoms with Crippen molar-refractivity contribution in [2.75, 3.05) is 5.75 Å². The lowest BCUT2D eigenvalue weighted by Crippen LogP contribution is -2.42. The van der Waals surface area contributed by atoms with E-state index in [-0.39, 0.29) is 22.9 Å². The molecule has 2 heterocycles. The monoisotopic (exact) mass is 628 g/mol. The second-order valence-electron chi connectivity index (χ2n) is 11.2. The van der Waals surface area contributed by atoms with E-state index in [1.54, 1.807) is 34.4 Å². The second kappa shape index (κ2) is 10.4. The number of hydrogen-bond acceptors (Lipinski definition) is 7. The van der Waals surface area contributed by atoms with E-state index >= 15 is 0 Å². The van der Waals surface area contributed by atoms with Gasteiger partial charge in [-0.3, -0.25) is 4.79 Å². The quantitative estimate of drug-likeness (QED) is 0.185. The van der Waals surface area contributed by atoms with Gasteiger partial charge in [-0.15, -0.1) is 22.7 Å². The lowest BCUT2D eigenvalue weighted by Gasteiger charge is -2.40. The van der Waals surface area contributed by atoms with Crippen molar-refractivity contribution in [3.05, 3.63) is 89.8 Å². The molecule has 9 heteroatoms. The summed E-state index contributed by atoms with van der Waals surface area (Å²) in [6, 6.07) is 27.7. The molecule has 0 spiro atoms. The molecule has 2 aliphatic rings. The number of aryl methyl sites for hydroxylation is 1. The highest BCUT2D eigenvalue weighted by molar-refractivity contribution is 8.34. The van der Waals surface area contributed by atoms with Gasteiger partial charge in [0.15, 0.2) is 0 Å². The smallest absolute Gasteiger partial charge is 0.278 e. The highest BCUT2D eigenvalue weighted by atomic mass is 32.3. The lowest BCUT2D eigenvalue weighted by molar-refractivity contribution is -0.128. The van der Waals surface area contributed by atoms with Gasteiger partial charge in [0.05, 0.1) is 23.8 Å². The fourth-order valence-corrected chi connectivity index (χ4v) is 17.0. The summed E-state index contributed by atoms with van der Waals surface area (Å²) in [5.41, 5.74) is -1.27. The number of benzene rings is 2. The number of carbonyl (C=O) groups is 1. The molecule has 2 aromatic heterocycles. The summed E-state index contributed by atoms with van der Waals surface area (Å²) in [7, 11) is -6.81. The first-order chi connectivity index (χ1) is 19.1. The van der Waals surface area contributed by atoms with Crippen LogP contribution in [-0.4, -0.2) is 20.0 Å². The van der Waals surface area contributed by atoms with E-state index in [1.165, 1.54) is 9.09 Å². The average molecular weight is 629 g/mol. The summed E-state index contributed by atoms with van der Waals surface area (Å²) in [5, 5.41) is 0. The van der Waals surface area contributed by atoms with Gasteiger partial charge in [-0.25, -0.2) is 3.63 Å². The number of rotatable bonds is 9. The number of thiophene rings is 2. The zero-order valence-electron chi connectivity index (χ0n) is 22.7. The van der Waals surface area contributed by atoms with Gasteiger partial charge < -0.3 is 0 Å². The van der Waals surface area contributed by atoms with Crippen LogP contribution in [0.2, 0.25) is 0 Å². The predicted molar refractivity (Wildman–Crippen MR) is 166 cm³/mol. The Balaban J connectivity index is 1.47. The van der Waals surface area contributed by atoms with Gasteiger partial charge >= 0.3 is 0 Å². The van der Waals surface area contributed by atoms with E-state index in [4.69, 9.17) is 3.63 Å². The largest absolute Gasteiger partial charge is 0.299 e. The molecule has 0 saturated heterocycles. The molecule has 40 heavy (non-hydrogen) atoms. The first-order valence-electron chi connectivity index (χ1n) is 13.3. The fourth-order valence-electron chi connectivity index (χ4n) is 6.37. The molecule has 2 bridgehead atoms. The van der Waals surface area contributed by atoms with Crippen molar-refractivity contribution in [2.24, 2.45) is 16.7 Å². The standard InChI is InChI=1S/C31H32O4S5/c1-22-14-15-27(36-22)37-28-16-17-29(38-28)40(24-10-6-4-7-11-24,25-12-8-5-9-13-25)35-39(33,34)21-31-19-18-23(20-26(31)32)30(31,2)3/h4-17,23H,18-21H2,1-3H3. The molecule has 2 fully saturated rings. The van der Waals surface area contributed by atoms with Crippen LogP contribution >= 0.6 is 44.7 Å². The van der Waals surface area contributed by atoms with Crippen molar-refractivity contribution < 1.29 is 16.8 Å². The van der Waals surface area contributed by atoms with Crippen molar-refractivity contribution in [2.45, 2.75) is 62.5 Å². The van der Waals surface area contributed by atoms with E-state index in [9.17, 15) is 13.2 Å². The van der Waals surface area contributed by atoms with Crippen molar-refractivity contribution in [3.63, 3.8) is 0 Å². The van der Waals surface area contributed by atoms with Gasteiger partial charge in [-0.2, -0.15) is 8.42 Å². The molecule has 0 aliphatic heterocycles. The van der Waals surface area contributed by atoms with E-state index in [2.05, 4.69) is 39.0 Å². The van der Waals surface area contributed by atoms with Gasteiger partial charge in [0.1, 0.15) is 5.78 Å². The van der Waals surface area contributed by atoms with Gasteiger partial charge in [0, 0.05) is 21.1 Å². The van der Waals surface area contributed by atoms with Crippen LogP contribution in [0, 0.1) is 23.7 Å². The summed E-state index contributed by atoms with van der Waals surface area (Å²) >= 11 is 5.01. The Kier molecular flexibility index (Phi) is 7.37. The third kappa shape index (κ3) is 4.72. The molecule has 0 amide bonds. The molecule has 4 nitrogen and oxygen atoms in total. The van der Waals surface area contributed by atoms with Crippen molar-refractivity contribution >= 4 is 60.6 Å². The van der Waals surface area contributed by atoms with E-state index in [0.29, 0.717) is 12.8 Å². The Morgan fingerprint density at radius 3 is 2.00 bits per heavy atom. The minimum Gasteiger partial charge on any atom is -0.299 e. The molecular weight excluding hydrogens is 597 g/mol. The van der Waals surface area contributed by atoms with Crippen LogP contribution in [0.5, 0.6) is 0 Å². The molecule has 2 unspecified atom stereocenters. The third-order valence-corrected chi connectivity index (χ3v) is 17.8. The molecule has 0 radical (unpaired) electrons. The van der Waals surface area contributed by atoms with Crippen LogP contribution in [0.25, 0.3) is 0 Å². The highest BCUT2D eigenvalue weighted by Crippen LogP contribution is 2.72. The summed E-state index contributed by atoms with van der Waals surface area (Å²) in [5.74, 6) is 0.0217. The molecule has 0 N–H and O–H groups in total. The highest BCUT2D eigenvalue weighted by Gasteiger charge is 2.65. The Morgan fingerprint density at radius 1 is 0.875 bits per heavy atom. The number of Topliss-reactive ketones (excluding diaryl/α,β-unsaturated/α-hetero) is 1. The third-order valence-electron chi connectivity index (χ3n) is 8.68. The van der Waals surface area contributed by atoms with Crippen LogP contribution in [0.15, 0.2) is 107 Å². The van der Waals surface area contributed by atoms with Crippen LogP contribution in [0.4, 0.5) is 0 Å². The summed E-state index contributed by atoms with van der Waals surface area (Å²) in [4.78, 5) is 16.2. The Bertz CT molecular complexity index is 1600. The Morgan fingerprint density at radius 2 is 1.48 bits per heavy atom. The number of carbonyl (C=O) groups excluding carboxylic acids is 1. The molecule has 2 saturated carbocycles. The SMILES string of the molecule is Cc1ccc(Sc2ccc(S(OS(=O)(=O)CC34CCC(CC3=O)C4(C)C)(c3ccccc3)c3ccccc3)s2)s1. The van der Waals surface area contributed by atoms with Crippen LogP contribution < -0.4 is 0 Å². The summed E-state index contributed by atoms with van der Waals surface area (Å²) in [6.45, 7) is 6.22. The molecular formula is C31H32O4S5. The average Bonchev–Trinajstić information content (AvgIpc) is 3.66. The Labute approximate surface area is 250 Å². The number of fused-ring (bicyclic) bond motifs is 2. The van der Waals surface area contributed by atoms with Crippen molar-refractivity contribution in [1.29, 1.82) is 0 Å². The second-order valence-corrected chi connectivity index (χ2v) is 19.8.